The lowest BCUT2D eigenvalue weighted by Crippen LogP contribution is -2.40. The van der Waals surface area contributed by atoms with Crippen LogP contribution in [0.15, 0.2) is 29.6 Å². The van der Waals surface area contributed by atoms with Crippen LogP contribution in [-0.2, 0) is 11.0 Å². The molecule has 5 nitrogen and oxygen atoms in total. The number of rotatable bonds is 3. The van der Waals surface area contributed by atoms with E-state index in [1.807, 2.05) is 10.3 Å². The maximum atomic E-state index is 13.8. The molecule has 3 atom stereocenters. The van der Waals surface area contributed by atoms with Gasteiger partial charge in [0.25, 0.3) is 0 Å². The van der Waals surface area contributed by atoms with Crippen LogP contribution in [0.5, 0.6) is 0 Å². The number of carbonyl (C=O) groups excluding carboxylic acids is 1. The highest BCUT2D eigenvalue weighted by Gasteiger charge is 2.42. The second-order valence-corrected chi connectivity index (χ2v) is 9.23. The van der Waals surface area contributed by atoms with Crippen LogP contribution in [-0.4, -0.2) is 38.5 Å². The molecule has 0 aromatic carbocycles. The Balaban J connectivity index is 1.50. The maximum Gasteiger partial charge on any atom is 0.433 e. The number of thiophene rings is 1. The van der Waals surface area contributed by atoms with Gasteiger partial charge in [0.15, 0.2) is 11.3 Å². The number of hydrogen-bond acceptors (Lipinski definition) is 4. The molecular formula is C21H21F3N4OS. The molecule has 3 aromatic rings. The first-order valence-electron chi connectivity index (χ1n) is 10.1. The van der Waals surface area contributed by atoms with Crippen molar-refractivity contribution in [2.24, 2.45) is 11.8 Å². The van der Waals surface area contributed by atoms with Gasteiger partial charge in [-0.15, -0.1) is 11.3 Å². The maximum absolute atomic E-state index is 13.8. The van der Waals surface area contributed by atoms with Crippen molar-refractivity contribution in [1.82, 2.24) is 19.5 Å². The van der Waals surface area contributed by atoms with Gasteiger partial charge in [-0.1, -0.05) is 13.0 Å². The molecule has 0 N–H and O–H groups in total. The summed E-state index contributed by atoms with van der Waals surface area (Å²) in [6.07, 6.45) is -2.00. The highest BCUT2D eigenvalue weighted by molar-refractivity contribution is 7.13. The van der Waals surface area contributed by atoms with Gasteiger partial charge in [0.2, 0.25) is 5.91 Å². The van der Waals surface area contributed by atoms with E-state index in [9.17, 15) is 18.0 Å². The van der Waals surface area contributed by atoms with Crippen LogP contribution in [0, 0.1) is 11.8 Å². The van der Waals surface area contributed by atoms with E-state index in [2.05, 4.69) is 17.0 Å². The average Bonchev–Trinajstić information content (AvgIpc) is 3.13. The summed E-state index contributed by atoms with van der Waals surface area (Å²) in [6, 6.07) is 6.24. The molecule has 5 rings (SSSR count). The van der Waals surface area contributed by atoms with Crippen LogP contribution in [0.4, 0.5) is 13.2 Å². The van der Waals surface area contributed by atoms with Crippen molar-refractivity contribution in [3.63, 3.8) is 0 Å². The summed E-state index contributed by atoms with van der Waals surface area (Å²) < 4.78 is 42.2. The van der Waals surface area contributed by atoms with E-state index in [0.29, 0.717) is 35.3 Å². The van der Waals surface area contributed by atoms with Crippen LogP contribution >= 0.6 is 11.3 Å². The molecule has 2 fully saturated rings. The predicted molar refractivity (Wildman–Crippen MR) is 107 cm³/mol. The Morgan fingerprint density at radius 2 is 2.10 bits per heavy atom. The minimum atomic E-state index is -4.55. The van der Waals surface area contributed by atoms with Crippen molar-refractivity contribution < 1.29 is 18.0 Å². The molecule has 30 heavy (non-hydrogen) atoms. The van der Waals surface area contributed by atoms with E-state index in [1.165, 1.54) is 11.3 Å². The SMILES string of the molecule is C[C@@H]1C[C@@H]1C(=O)N1CCC[C@H](c2cc3nc(-c4cccs4)cc(C(F)(F)F)n3n2)C1. The van der Waals surface area contributed by atoms with Crippen molar-refractivity contribution in [2.75, 3.05) is 13.1 Å². The van der Waals surface area contributed by atoms with Gasteiger partial charge < -0.3 is 4.90 Å². The van der Waals surface area contributed by atoms with Crippen molar-refractivity contribution in [3.8, 4) is 10.6 Å². The monoisotopic (exact) mass is 434 g/mol. The Kier molecular flexibility index (Phi) is 4.61. The van der Waals surface area contributed by atoms with E-state index in [4.69, 9.17) is 0 Å². The summed E-state index contributed by atoms with van der Waals surface area (Å²) in [4.78, 5) is 19.6. The van der Waals surface area contributed by atoms with Gasteiger partial charge >= 0.3 is 6.18 Å². The number of fused-ring (bicyclic) bond motifs is 1. The molecule has 1 aliphatic carbocycles. The molecule has 4 heterocycles. The Bertz CT molecular complexity index is 1090. The number of likely N-dealkylation sites (tertiary alicyclic amines) is 1. The van der Waals surface area contributed by atoms with E-state index in [-0.39, 0.29) is 23.4 Å². The lowest BCUT2D eigenvalue weighted by molar-refractivity contribution is -0.142. The third-order valence-electron chi connectivity index (χ3n) is 6.09. The van der Waals surface area contributed by atoms with E-state index >= 15 is 0 Å². The van der Waals surface area contributed by atoms with Gasteiger partial charge in [-0.2, -0.15) is 18.3 Å². The minimum Gasteiger partial charge on any atom is -0.342 e. The molecule has 0 unspecified atom stereocenters. The van der Waals surface area contributed by atoms with Crippen LogP contribution in [0.25, 0.3) is 16.2 Å². The molecule has 0 radical (unpaired) electrons. The third kappa shape index (κ3) is 3.49. The van der Waals surface area contributed by atoms with Crippen molar-refractivity contribution in [2.45, 2.75) is 38.3 Å². The fraction of sp³-hybridized carbons (Fsp3) is 0.476. The number of nitrogens with zero attached hydrogens (tertiary/aromatic N) is 4. The Morgan fingerprint density at radius 1 is 1.30 bits per heavy atom. The molecule has 158 valence electrons. The fourth-order valence-corrected chi connectivity index (χ4v) is 4.95. The van der Waals surface area contributed by atoms with Crippen molar-refractivity contribution in [1.29, 1.82) is 0 Å². The number of carbonyl (C=O) groups is 1. The summed E-state index contributed by atoms with van der Waals surface area (Å²) in [5.41, 5.74) is 0.206. The van der Waals surface area contributed by atoms with Gasteiger partial charge in [-0.25, -0.2) is 9.50 Å². The molecule has 1 aliphatic heterocycles. The summed E-state index contributed by atoms with van der Waals surface area (Å²) in [6.45, 7) is 3.28. The zero-order chi connectivity index (χ0) is 21.0. The van der Waals surface area contributed by atoms with E-state index in [0.717, 1.165) is 29.8 Å². The van der Waals surface area contributed by atoms with E-state index in [1.54, 1.807) is 18.2 Å². The lowest BCUT2D eigenvalue weighted by Gasteiger charge is -2.32. The topological polar surface area (TPSA) is 50.5 Å². The largest absolute Gasteiger partial charge is 0.433 e. The number of piperidine rings is 1. The third-order valence-corrected chi connectivity index (χ3v) is 6.98. The number of alkyl halides is 3. The van der Waals surface area contributed by atoms with Gasteiger partial charge in [-0.3, -0.25) is 4.79 Å². The molecule has 2 aliphatic rings. The highest BCUT2D eigenvalue weighted by atomic mass is 32.1. The number of amides is 1. The smallest absolute Gasteiger partial charge is 0.342 e. The lowest BCUT2D eigenvalue weighted by atomic mass is 9.94. The van der Waals surface area contributed by atoms with Crippen LogP contribution in [0.1, 0.15) is 43.5 Å². The van der Waals surface area contributed by atoms with Crippen LogP contribution in [0.3, 0.4) is 0 Å². The standard InChI is InChI=1S/C21H21F3N4OS/c1-12-8-14(12)20(29)27-6-2-4-13(11-27)15-10-19-25-16(17-5-3-7-30-17)9-18(21(22,23)24)28(19)26-15/h3,5,7,9-10,12-14H,2,4,6,8,11H2,1H3/t12-,13+,14+/m1/s1. The van der Waals surface area contributed by atoms with Crippen molar-refractivity contribution in [3.05, 3.63) is 41.0 Å². The van der Waals surface area contributed by atoms with E-state index < -0.39 is 11.9 Å². The molecular weight excluding hydrogens is 413 g/mol. The molecule has 3 aromatic heterocycles. The van der Waals surface area contributed by atoms with Gasteiger partial charge in [0, 0.05) is 31.0 Å². The van der Waals surface area contributed by atoms with Gasteiger partial charge in [-0.05, 0) is 42.7 Å². The minimum absolute atomic E-state index is 0.0790. The van der Waals surface area contributed by atoms with Gasteiger partial charge in [0.1, 0.15) is 0 Å². The Labute approximate surface area is 175 Å². The first-order chi connectivity index (χ1) is 14.3. The number of hydrogen-bond donors (Lipinski definition) is 0. The first-order valence-corrected chi connectivity index (χ1v) is 11.0. The molecule has 0 spiro atoms. The summed E-state index contributed by atoms with van der Waals surface area (Å²) in [7, 11) is 0. The average molecular weight is 434 g/mol. The van der Waals surface area contributed by atoms with Crippen LogP contribution in [0.2, 0.25) is 0 Å². The molecule has 1 saturated carbocycles. The quantitative estimate of drug-likeness (QED) is 0.593. The molecule has 9 heteroatoms. The second kappa shape index (κ2) is 7.08. The number of halogens is 3. The fourth-order valence-electron chi connectivity index (χ4n) is 4.26. The molecule has 0 bridgehead atoms. The Morgan fingerprint density at radius 3 is 2.77 bits per heavy atom. The zero-order valence-electron chi connectivity index (χ0n) is 16.4. The molecule has 1 saturated heterocycles. The highest BCUT2D eigenvalue weighted by Crippen LogP contribution is 2.41. The first kappa shape index (κ1) is 19.5. The molecule has 1 amide bonds. The van der Waals surface area contributed by atoms with Gasteiger partial charge in [0.05, 0.1) is 16.3 Å². The predicted octanol–water partition coefficient (Wildman–Crippen LogP) is 4.84. The summed E-state index contributed by atoms with van der Waals surface area (Å²) >= 11 is 1.35. The second-order valence-electron chi connectivity index (χ2n) is 8.28. The van der Waals surface area contributed by atoms with Crippen molar-refractivity contribution >= 4 is 22.9 Å². The number of aromatic nitrogens is 3. The normalized spacial score (nSPS) is 24.4. The zero-order valence-corrected chi connectivity index (χ0v) is 17.2. The summed E-state index contributed by atoms with van der Waals surface area (Å²) in [5, 5.41) is 6.10. The van der Waals surface area contributed by atoms with Crippen LogP contribution < -0.4 is 0 Å². The summed E-state index contributed by atoms with van der Waals surface area (Å²) in [5.74, 6) is 0.633. The Hall–Kier alpha value is -2.42.